The van der Waals surface area contributed by atoms with Crippen LogP contribution in [0.4, 0.5) is 4.79 Å². The van der Waals surface area contributed by atoms with E-state index in [4.69, 9.17) is 14.2 Å². The van der Waals surface area contributed by atoms with Gasteiger partial charge in [0, 0.05) is 63.9 Å². The summed E-state index contributed by atoms with van der Waals surface area (Å²) in [5.41, 5.74) is -0.870. The van der Waals surface area contributed by atoms with Gasteiger partial charge in [-0.15, -0.1) is 0 Å². The summed E-state index contributed by atoms with van der Waals surface area (Å²) < 4.78 is 15.8. The van der Waals surface area contributed by atoms with E-state index in [1.807, 2.05) is 32.6 Å². The Bertz CT molecular complexity index is 965. The van der Waals surface area contributed by atoms with Crippen molar-refractivity contribution >= 4 is 19.0 Å². The number of rotatable bonds is 8. The molecule has 2 aliphatic carbocycles. The van der Waals surface area contributed by atoms with Crippen LogP contribution >= 0.6 is 0 Å². The van der Waals surface area contributed by atoms with E-state index in [1.165, 1.54) is 51.9 Å². The van der Waals surface area contributed by atoms with Crippen LogP contribution in [-0.2, 0) is 23.8 Å². The highest BCUT2D eigenvalue weighted by molar-refractivity contribution is 5.69. The quantitative estimate of drug-likeness (QED) is 0.329. The van der Waals surface area contributed by atoms with E-state index in [-0.39, 0.29) is 17.3 Å². The summed E-state index contributed by atoms with van der Waals surface area (Å²) in [6.45, 7) is 19.8. The summed E-state index contributed by atoms with van der Waals surface area (Å²) in [5, 5.41) is 3.38. The van der Waals surface area contributed by atoms with Crippen molar-refractivity contribution in [1.29, 1.82) is 0 Å². The number of nitrogens with one attached hydrogen (secondary N) is 1. The molecule has 1 amide bonds. The SMILES string of the molecule is CC(C)(C)OC(=O)N1CC([C@H]2CCCN(C3CC(C)(OC=O)C3)C2)C1.CC1(OC=O)CC(N2CCC[C@H](C3CNC3)C2)C1. The summed E-state index contributed by atoms with van der Waals surface area (Å²) in [4.78, 5) is 40.1. The molecule has 43 heavy (non-hydrogen) atoms. The average molecular weight is 605 g/mol. The molecule has 4 aliphatic heterocycles. The fourth-order valence-corrected chi connectivity index (χ4v) is 8.26. The largest absolute Gasteiger partial charge is 0.461 e. The van der Waals surface area contributed by atoms with Crippen LogP contribution in [0.1, 0.15) is 86.0 Å². The Kier molecular flexibility index (Phi) is 9.98. The maximum Gasteiger partial charge on any atom is 0.410 e. The van der Waals surface area contributed by atoms with Crippen molar-refractivity contribution in [1.82, 2.24) is 20.0 Å². The fraction of sp³-hybridized carbons (Fsp3) is 0.909. The predicted octanol–water partition coefficient (Wildman–Crippen LogP) is 3.67. The van der Waals surface area contributed by atoms with Crippen molar-refractivity contribution in [2.24, 2.45) is 23.7 Å². The molecule has 10 nitrogen and oxygen atoms in total. The van der Waals surface area contributed by atoms with Crippen LogP contribution in [0.2, 0.25) is 0 Å². The van der Waals surface area contributed by atoms with Crippen LogP contribution in [0.5, 0.6) is 0 Å². The number of likely N-dealkylation sites (tertiary alicyclic amines) is 3. The Labute approximate surface area is 258 Å². The summed E-state index contributed by atoms with van der Waals surface area (Å²) in [6, 6.07) is 1.18. The molecule has 4 saturated heterocycles. The summed E-state index contributed by atoms with van der Waals surface area (Å²) in [7, 11) is 0. The van der Waals surface area contributed by atoms with Crippen molar-refractivity contribution in [3.05, 3.63) is 0 Å². The van der Waals surface area contributed by atoms with Crippen molar-refractivity contribution in [2.45, 2.75) is 115 Å². The van der Waals surface area contributed by atoms with Crippen molar-refractivity contribution in [2.75, 3.05) is 52.4 Å². The van der Waals surface area contributed by atoms with Crippen LogP contribution in [0.3, 0.4) is 0 Å². The third kappa shape index (κ3) is 8.03. The second-order valence-corrected chi connectivity index (χ2v) is 15.8. The molecule has 0 aromatic rings. The number of piperidine rings is 2. The van der Waals surface area contributed by atoms with Crippen molar-refractivity contribution in [3.8, 4) is 0 Å². The molecule has 10 heteroatoms. The van der Waals surface area contributed by atoms with E-state index >= 15 is 0 Å². The number of nitrogens with zero attached hydrogens (tertiary/aromatic N) is 3. The summed E-state index contributed by atoms with van der Waals surface area (Å²) in [6.07, 6.45) is 8.93. The first kappa shape index (κ1) is 32.5. The van der Waals surface area contributed by atoms with Gasteiger partial charge in [-0.2, -0.15) is 0 Å². The number of hydrogen-bond acceptors (Lipinski definition) is 9. The van der Waals surface area contributed by atoms with E-state index in [1.54, 1.807) is 0 Å². The zero-order valence-electron chi connectivity index (χ0n) is 27.2. The molecule has 0 radical (unpaired) electrons. The van der Waals surface area contributed by atoms with Crippen LogP contribution in [-0.4, -0.2) is 115 Å². The van der Waals surface area contributed by atoms with Crippen molar-refractivity contribution in [3.63, 3.8) is 0 Å². The number of carbonyl (C=O) groups excluding carboxylic acids is 3. The van der Waals surface area contributed by atoms with Gasteiger partial charge in [0.25, 0.3) is 12.9 Å². The fourth-order valence-electron chi connectivity index (χ4n) is 8.26. The van der Waals surface area contributed by atoms with Gasteiger partial charge in [-0.1, -0.05) is 0 Å². The van der Waals surface area contributed by atoms with Crippen LogP contribution in [0, 0.1) is 23.7 Å². The van der Waals surface area contributed by atoms with Crippen LogP contribution in [0.15, 0.2) is 0 Å². The maximum absolute atomic E-state index is 12.1. The molecular formula is C33H56N4O6. The lowest BCUT2D eigenvalue weighted by Crippen LogP contribution is -2.60. The lowest BCUT2D eigenvalue weighted by molar-refractivity contribution is -0.161. The lowest BCUT2D eigenvalue weighted by Gasteiger charge is -2.52. The molecule has 6 aliphatic rings. The van der Waals surface area contributed by atoms with Crippen molar-refractivity contribution < 1.29 is 28.6 Å². The monoisotopic (exact) mass is 604 g/mol. The number of hydrogen-bond donors (Lipinski definition) is 1. The molecule has 0 aromatic heterocycles. The molecule has 2 atom stereocenters. The zero-order valence-corrected chi connectivity index (χ0v) is 27.2. The van der Waals surface area contributed by atoms with Gasteiger partial charge >= 0.3 is 6.09 Å². The molecular weight excluding hydrogens is 548 g/mol. The van der Waals surface area contributed by atoms with Gasteiger partial charge in [0.1, 0.15) is 16.8 Å². The highest BCUT2D eigenvalue weighted by Crippen LogP contribution is 2.42. The normalized spacial score (nSPS) is 37.3. The third-order valence-corrected chi connectivity index (χ3v) is 11.1. The van der Waals surface area contributed by atoms with Gasteiger partial charge in [0.15, 0.2) is 0 Å². The summed E-state index contributed by atoms with van der Waals surface area (Å²) >= 11 is 0. The highest BCUT2D eigenvalue weighted by atomic mass is 16.6. The topological polar surface area (TPSA) is 101 Å². The molecule has 6 rings (SSSR count). The number of amides is 1. The van der Waals surface area contributed by atoms with E-state index < -0.39 is 5.60 Å². The van der Waals surface area contributed by atoms with E-state index in [0.29, 0.717) is 36.9 Å². The van der Waals surface area contributed by atoms with Gasteiger partial charge in [-0.25, -0.2) is 4.79 Å². The molecule has 6 fully saturated rings. The molecule has 1 N–H and O–H groups in total. The Balaban J connectivity index is 0.000000180. The molecule has 244 valence electrons. The van der Waals surface area contributed by atoms with Gasteiger partial charge in [0.2, 0.25) is 0 Å². The van der Waals surface area contributed by atoms with E-state index in [2.05, 4.69) is 22.0 Å². The zero-order chi connectivity index (χ0) is 30.8. The molecule has 0 unspecified atom stereocenters. The Morgan fingerprint density at radius 2 is 1.21 bits per heavy atom. The minimum atomic E-state index is -0.426. The second-order valence-electron chi connectivity index (χ2n) is 15.8. The second kappa shape index (κ2) is 13.2. The Morgan fingerprint density at radius 3 is 1.60 bits per heavy atom. The maximum atomic E-state index is 12.1. The Hall–Kier alpha value is -1.91. The van der Waals surface area contributed by atoms with E-state index in [0.717, 1.165) is 63.7 Å². The van der Waals surface area contributed by atoms with E-state index in [9.17, 15) is 14.4 Å². The average Bonchev–Trinajstić information content (AvgIpc) is 2.84. The molecule has 0 aromatic carbocycles. The predicted molar refractivity (Wildman–Crippen MR) is 163 cm³/mol. The molecule has 2 saturated carbocycles. The standard InChI is InChI=1S/C19H32N2O4.C14H24N2O2/c1-18(2,3)25-17(23)21-11-15(12-21)14-6-5-7-20(10-14)16-8-19(4,9-16)24-13-22;1-14(18-10-17)5-13(6-14)16-4-2-3-11(9-16)12-7-15-8-12/h13-16H,5-12H2,1-4H3;10-13,15H,2-9H2,1H3/t14-,16?,19?;11-,13?,14?/m00/s1. The first-order valence-corrected chi connectivity index (χ1v) is 16.8. The molecule has 4 heterocycles. The van der Waals surface area contributed by atoms with Gasteiger partial charge < -0.3 is 24.4 Å². The molecule has 0 bridgehead atoms. The first-order chi connectivity index (χ1) is 20.4. The Morgan fingerprint density at radius 1 is 0.744 bits per heavy atom. The number of carbonyl (C=O) groups is 3. The number of ether oxygens (including phenoxy) is 3. The van der Waals surface area contributed by atoms with Crippen LogP contribution < -0.4 is 5.32 Å². The molecule has 0 spiro atoms. The smallest absolute Gasteiger partial charge is 0.410 e. The van der Waals surface area contributed by atoms with Gasteiger partial charge in [0.05, 0.1) is 0 Å². The minimum absolute atomic E-state index is 0.183. The minimum Gasteiger partial charge on any atom is -0.461 e. The van der Waals surface area contributed by atoms with Crippen LogP contribution in [0.25, 0.3) is 0 Å². The third-order valence-electron chi connectivity index (χ3n) is 11.1. The van der Waals surface area contributed by atoms with Gasteiger partial charge in [-0.05, 0) is 110 Å². The first-order valence-electron chi connectivity index (χ1n) is 16.8. The lowest BCUT2D eigenvalue weighted by atomic mass is 9.74. The summed E-state index contributed by atoms with van der Waals surface area (Å²) in [5.74, 6) is 3.05. The van der Waals surface area contributed by atoms with Gasteiger partial charge in [-0.3, -0.25) is 19.4 Å². The highest BCUT2D eigenvalue weighted by Gasteiger charge is 2.48.